The SMILES string of the molecule is CC(C)C.CCNCCNC.COCCN(C)C(C)CCN(C)C/C=C/C(=O)NC(C)(C)C. The highest BCUT2D eigenvalue weighted by molar-refractivity contribution is 5.87. The molecule has 0 bridgehead atoms. The second-order valence-corrected chi connectivity index (χ2v) is 10.2. The molecule has 0 radical (unpaired) electrons. The van der Waals surface area contributed by atoms with Gasteiger partial charge in [-0.05, 0) is 74.3 Å². The first-order valence-electron chi connectivity index (χ1n) is 12.5. The van der Waals surface area contributed by atoms with Crippen molar-refractivity contribution in [2.75, 3.05) is 74.1 Å². The predicted molar refractivity (Wildman–Crippen MR) is 146 cm³/mol. The summed E-state index contributed by atoms with van der Waals surface area (Å²) < 4.78 is 5.10. The molecule has 7 heteroatoms. The maximum Gasteiger partial charge on any atom is 0.244 e. The third kappa shape index (κ3) is 35.8. The van der Waals surface area contributed by atoms with E-state index in [0.29, 0.717) is 6.04 Å². The molecule has 3 N–H and O–H groups in total. The summed E-state index contributed by atoms with van der Waals surface area (Å²) >= 11 is 0. The van der Waals surface area contributed by atoms with Crippen LogP contribution in [0.4, 0.5) is 0 Å². The van der Waals surface area contributed by atoms with Crippen molar-refractivity contribution in [3.63, 3.8) is 0 Å². The zero-order chi connectivity index (χ0) is 26.3. The molecule has 200 valence electrons. The number of ether oxygens (including phenoxy) is 1. The van der Waals surface area contributed by atoms with Crippen LogP contribution < -0.4 is 16.0 Å². The standard InChI is InChI=1S/C17H35N3O2.C5H14N2.C4H10/c1-15(20(6)13-14-22-7)10-12-19(5)11-8-9-16(21)18-17(2,3)4;1-3-7-5-4-6-2;1-4(2)3/h8-9,15H,10-14H2,1-7H3,(H,18,21);6-7H,3-5H2,1-2H3;4H,1-3H3/b9-8+;;. The fraction of sp³-hybridized carbons (Fsp3) is 0.885. The summed E-state index contributed by atoms with van der Waals surface area (Å²) in [7, 11) is 7.89. The van der Waals surface area contributed by atoms with Gasteiger partial charge in [-0.1, -0.05) is 33.8 Å². The van der Waals surface area contributed by atoms with Gasteiger partial charge in [0.1, 0.15) is 0 Å². The van der Waals surface area contributed by atoms with E-state index in [0.717, 1.165) is 58.2 Å². The second-order valence-electron chi connectivity index (χ2n) is 10.2. The van der Waals surface area contributed by atoms with Crippen LogP contribution in [0.25, 0.3) is 0 Å². The van der Waals surface area contributed by atoms with E-state index in [2.05, 4.69) is 74.5 Å². The van der Waals surface area contributed by atoms with E-state index in [1.807, 2.05) is 33.9 Å². The van der Waals surface area contributed by atoms with Gasteiger partial charge in [0, 0.05) is 50.9 Å². The molecule has 0 spiro atoms. The molecule has 0 fully saturated rings. The van der Waals surface area contributed by atoms with Crippen LogP contribution in [-0.2, 0) is 9.53 Å². The van der Waals surface area contributed by atoms with Crippen molar-refractivity contribution in [2.24, 2.45) is 5.92 Å². The molecule has 0 aromatic rings. The molecule has 1 atom stereocenters. The first kappa shape index (κ1) is 36.6. The van der Waals surface area contributed by atoms with Crippen LogP contribution >= 0.6 is 0 Å². The summed E-state index contributed by atoms with van der Waals surface area (Å²) in [6.45, 7) is 23.5. The van der Waals surface area contributed by atoms with Crippen molar-refractivity contribution in [3.05, 3.63) is 12.2 Å². The number of nitrogens with zero attached hydrogens (tertiary/aromatic N) is 2. The van der Waals surface area contributed by atoms with E-state index in [1.54, 1.807) is 13.2 Å². The minimum Gasteiger partial charge on any atom is -0.383 e. The normalized spacial score (nSPS) is 12.5. The molecule has 0 saturated heterocycles. The third-order valence-electron chi connectivity index (χ3n) is 4.32. The van der Waals surface area contributed by atoms with Gasteiger partial charge in [-0.25, -0.2) is 0 Å². The van der Waals surface area contributed by atoms with Crippen molar-refractivity contribution in [2.45, 2.75) is 73.4 Å². The lowest BCUT2D eigenvalue weighted by Gasteiger charge is -2.26. The van der Waals surface area contributed by atoms with Crippen molar-refractivity contribution < 1.29 is 9.53 Å². The van der Waals surface area contributed by atoms with Gasteiger partial charge in [-0.3, -0.25) is 4.79 Å². The summed E-state index contributed by atoms with van der Waals surface area (Å²) in [4.78, 5) is 16.2. The van der Waals surface area contributed by atoms with Crippen molar-refractivity contribution in [1.82, 2.24) is 25.8 Å². The Morgan fingerprint density at radius 3 is 2.09 bits per heavy atom. The van der Waals surface area contributed by atoms with Gasteiger partial charge in [0.05, 0.1) is 6.61 Å². The Labute approximate surface area is 207 Å². The number of rotatable bonds is 14. The molecular weight excluding hydrogens is 414 g/mol. The Kier molecular flexibility index (Phi) is 26.8. The Bertz CT molecular complexity index is 444. The lowest BCUT2D eigenvalue weighted by Crippen LogP contribution is -2.39. The number of nitrogens with one attached hydrogen (secondary N) is 3. The Hall–Kier alpha value is -0.990. The van der Waals surface area contributed by atoms with Gasteiger partial charge in [0.25, 0.3) is 0 Å². The maximum atomic E-state index is 11.7. The quantitative estimate of drug-likeness (QED) is 0.266. The van der Waals surface area contributed by atoms with Gasteiger partial charge in [-0.2, -0.15) is 0 Å². The summed E-state index contributed by atoms with van der Waals surface area (Å²) in [6.07, 6.45) is 4.63. The molecule has 1 unspecified atom stereocenters. The molecule has 0 aromatic carbocycles. The molecule has 0 saturated carbocycles. The van der Waals surface area contributed by atoms with Crippen molar-refractivity contribution in [1.29, 1.82) is 0 Å². The lowest BCUT2D eigenvalue weighted by molar-refractivity contribution is -0.117. The second kappa shape index (κ2) is 24.1. The average molecular weight is 474 g/mol. The van der Waals surface area contributed by atoms with Crippen LogP contribution in [0, 0.1) is 5.92 Å². The van der Waals surface area contributed by atoms with Crippen LogP contribution in [0.5, 0.6) is 0 Å². The number of carbonyl (C=O) groups excluding carboxylic acids is 1. The minimum absolute atomic E-state index is 0.0337. The van der Waals surface area contributed by atoms with E-state index in [4.69, 9.17) is 4.74 Å². The van der Waals surface area contributed by atoms with Crippen LogP contribution in [-0.4, -0.2) is 101 Å². The topological polar surface area (TPSA) is 68.9 Å². The molecular formula is C26H59N5O2. The highest BCUT2D eigenvalue weighted by Gasteiger charge is 2.11. The summed E-state index contributed by atoms with van der Waals surface area (Å²) in [5.41, 5.74) is -0.185. The van der Waals surface area contributed by atoms with Crippen molar-refractivity contribution >= 4 is 5.91 Å². The average Bonchev–Trinajstić information content (AvgIpc) is 2.69. The van der Waals surface area contributed by atoms with Gasteiger partial charge in [0.15, 0.2) is 0 Å². The lowest BCUT2D eigenvalue weighted by atomic mass is 10.1. The number of amides is 1. The van der Waals surface area contributed by atoms with E-state index in [1.165, 1.54) is 0 Å². The molecule has 7 nitrogen and oxygen atoms in total. The Morgan fingerprint density at radius 1 is 1.06 bits per heavy atom. The van der Waals surface area contributed by atoms with Crippen LogP contribution in [0.1, 0.15) is 61.8 Å². The highest BCUT2D eigenvalue weighted by Crippen LogP contribution is 2.02. The van der Waals surface area contributed by atoms with Crippen LogP contribution in [0.2, 0.25) is 0 Å². The number of likely N-dealkylation sites (N-methyl/N-ethyl adjacent to an activating group) is 4. The maximum absolute atomic E-state index is 11.7. The van der Waals surface area contributed by atoms with Gasteiger partial charge in [-0.15, -0.1) is 0 Å². The molecule has 0 aliphatic carbocycles. The highest BCUT2D eigenvalue weighted by atomic mass is 16.5. The van der Waals surface area contributed by atoms with Gasteiger partial charge in [0.2, 0.25) is 5.91 Å². The van der Waals surface area contributed by atoms with E-state index < -0.39 is 0 Å². The Morgan fingerprint density at radius 2 is 1.64 bits per heavy atom. The van der Waals surface area contributed by atoms with Gasteiger partial charge < -0.3 is 30.5 Å². The first-order valence-corrected chi connectivity index (χ1v) is 12.5. The Balaban J connectivity index is -0.000000673. The van der Waals surface area contributed by atoms with E-state index >= 15 is 0 Å². The zero-order valence-electron chi connectivity index (χ0n) is 24.2. The summed E-state index contributed by atoms with van der Waals surface area (Å²) in [5, 5.41) is 9.14. The molecule has 0 aromatic heterocycles. The number of hydrogen-bond donors (Lipinski definition) is 3. The minimum atomic E-state index is -0.185. The smallest absolute Gasteiger partial charge is 0.244 e. The summed E-state index contributed by atoms with van der Waals surface area (Å²) in [5.74, 6) is 0.800. The fourth-order valence-electron chi connectivity index (χ4n) is 2.32. The molecule has 0 rings (SSSR count). The van der Waals surface area contributed by atoms with Crippen LogP contribution in [0.15, 0.2) is 12.2 Å². The number of carbonyl (C=O) groups is 1. The largest absolute Gasteiger partial charge is 0.383 e. The molecule has 0 aliphatic heterocycles. The van der Waals surface area contributed by atoms with E-state index in [9.17, 15) is 4.79 Å². The molecule has 33 heavy (non-hydrogen) atoms. The van der Waals surface area contributed by atoms with Crippen molar-refractivity contribution in [3.8, 4) is 0 Å². The first-order chi connectivity index (χ1) is 15.3. The molecule has 1 amide bonds. The number of methoxy groups -OCH3 is 1. The summed E-state index contributed by atoms with van der Waals surface area (Å²) in [6, 6.07) is 0.519. The van der Waals surface area contributed by atoms with Crippen LogP contribution in [0.3, 0.4) is 0 Å². The monoisotopic (exact) mass is 473 g/mol. The predicted octanol–water partition coefficient (Wildman–Crippen LogP) is 3.22. The van der Waals surface area contributed by atoms with E-state index in [-0.39, 0.29) is 11.4 Å². The fourth-order valence-corrected chi connectivity index (χ4v) is 2.32. The van der Waals surface area contributed by atoms with Gasteiger partial charge >= 0.3 is 0 Å². The molecule has 0 aliphatic rings. The zero-order valence-corrected chi connectivity index (χ0v) is 24.2. The third-order valence-corrected chi connectivity index (χ3v) is 4.32. The number of hydrogen-bond acceptors (Lipinski definition) is 6. The molecule has 0 heterocycles.